The Balaban J connectivity index is 3.40. The van der Waals surface area contributed by atoms with Crippen molar-refractivity contribution in [2.75, 3.05) is 0 Å². The van der Waals surface area contributed by atoms with E-state index < -0.39 is 18.3 Å². The van der Waals surface area contributed by atoms with E-state index in [4.69, 9.17) is 10.4 Å². The molecule has 0 fully saturated rings. The number of aryl methyl sites for hydroxylation is 1. The molecule has 0 bridgehead atoms. The van der Waals surface area contributed by atoms with E-state index >= 15 is 0 Å². The normalized spacial score (nSPS) is 11.2. The Morgan fingerprint density at radius 2 is 2.00 bits per heavy atom. The molecule has 0 aromatic heterocycles. The molecule has 0 aliphatic heterocycles. The maximum atomic E-state index is 12.4. The van der Waals surface area contributed by atoms with Gasteiger partial charge in [0.25, 0.3) is 0 Å². The van der Waals surface area contributed by atoms with Gasteiger partial charge in [-0.1, -0.05) is 0 Å². The number of benzene rings is 1. The maximum Gasteiger partial charge on any atom is 0.416 e. The number of aliphatic hydroxyl groups is 1. The molecule has 15 heavy (non-hydrogen) atoms. The lowest BCUT2D eigenvalue weighted by molar-refractivity contribution is -0.137. The number of nitrogens with zero attached hydrogens (tertiary/aromatic N) is 1. The average molecular weight is 215 g/mol. The molecule has 0 saturated heterocycles. The Labute approximate surface area is 84.6 Å². The van der Waals surface area contributed by atoms with E-state index in [0.717, 1.165) is 12.1 Å². The first-order chi connectivity index (χ1) is 6.90. The fraction of sp³-hybridized carbons (Fsp3) is 0.300. The first-order valence-electron chi connectivity index (χ1n) is 4.12. The number of alkyl halides is 3. The van der Waals surface area contributed by atoms with Crippen LogP contribution in [0.25, 0.3) is 0 Å². The van der Waals surface area contributed by atoms with E-state index in [1.165, 1.54) is 6.92 Å². The number of rotatable bonds is 1. The standard InChI is InChI=1S/C10H8F3NO/c1-6-2-8(10(11,12)13)3-7(5-15)9(6)4-14/h2-3,15H,5H2,1H3. The van der Waals surface area contributed by atoms with Crippen molar-refractivity contribution in [3.8, 4) is 6.07 Å². The summed E-state index contributed by atoms with van der Waals surface area (Å²) in [5.41, 5.74) is -0.519. The van der Waals surface area contributed by atoms with E-state index in [2.05, 4.69) is 0 Å². The summed E-state index contributed by atoms with van der Waals surface area (Å²) in [4.78, 5) is 0. The van der Waals surface area contributed by atoms with E-state index in [1.54, 1.807) is 6.07 Å². The minimum atomic E-state index is -4.46. The first kappa shape index (κ1) is 11.5. The minimum absolute atomic E-state index is 0.00447. The topological polar surface area (TPSA) is 44.0 Å². The molecular weight excluding hydrogens is 207 g/mol. The molecule has 0 aliphatic rings. The molecule has 0 saturated carbocycles. The van der Waals surface area contributed by atoms with Gasteiger partial charge in [-0.15, -0.1) is 0 Å². The van der Waals surface area contributed by atoms with Crippen LogP contribution >= 0.6 is 0 Å². The SMILES string of the molecule is Cc1cc(C(F)(F)F)cc(CO)c1C#N. The van der Waals surface area contributed by atoms with Gasteiger partial charge in [-0.05, 0) is 30.2 Å². The zero-order valence-electron chi connectivity index (χ0n) is 7.89. The summed E-state index contributed by atoms with van der Waals surface area (Å²) in [5.74, 6) is 0. The Morgan fingerprint density at radius 1 is 1.40 bits per heavy atom. The molecule has 0 atom stereocenters. The second kappa shape index (κ2) is 3.91. The van der Waals surface area contributed by atoms with Crippen LogP contribution in [0, 0.1) is 18.3 Å². The molecule has 0 amide bonds. The van der Waals surface area contributed by atoms with Gasteiger partial charge in [0.1, 0.15) is 0 Å². The number of hydrogen-bond donors (Lipinski definition) is 1. The van der Waals surface area contributed by atoms with Gasteiger partial charge in [-0.3, -0.25) is 0 Å². The summed E-state index contributed by atoms with van der Waals surface area (Å²) >= 11 is 0. The van der Waals surface area contributed by atoms with Crippen molar-refractivity contribution in [1.82, 2.24) is 0 Å². The molecule has 0 aliphatic carbocycles. The van der Waals surface area contributed by atoms with Gasteiger partial charge >= 0.3 is 6.18 Å². The van der Waals surface area contributed by atoms with Gasteiger partial charge < -0.3 is 5.11 Å². The fourth-order valence-electron chi connectivity index (χ4n) is 1.31. The molecule has 2 nitrogen and oxygen atoms in total. The number of halogens is 3. The smallest absolute Gasteiger partial charge is 0.392 e. The van der Waals surface area contributed by atoms with Crippen LogP contribution in [0.4, 0.5) is 13.2 Å². The monoisotopic (exact) mass is 215 g/mol. The average Bonchev–Trinajstić information content (AvgIpc) is 2.15. The van der Waals surface area contributed by atoms with Crippen molar-refractivity contribution in [1.29, 1.82) is 5.26 Å². The van der Waals surface area contributed by atoms with Crippen molar-refractivity contribution in [2.45, 2.75) is 19.7 Å². The second-order valence-corrected chi connectivity index (χ2v) is 3.09. The quantitative estimate of drug-likeness (QED) is 0.781. The third-order valence-corrected chi connectivity index (χ3v) is 2.03. The predicted molar refractivity (Wildman–Crippen MR) is 46.8 cm³/mol. The molecule has 1 rings (SSSR count). The van der Waals surface area contributed by atoms with E-state index in [9.17, 15) is 13.2 Å². The summed E-state index contributed by atoms with van der Waals surface area (Å²) < 4.78 is 37.1. The van der Waals surface area contributed by atoms with Crippen molar-refractivity contribution in [3.05, 3.63) is 34.4 Å². The highest BCUT2D eigenvalue weighted by atomic mass is 19.4. The molecule has 1 aromatic rings. The molecule has 0 radical (unpaired) electrons. The Morgan fingerprint density at radius 3 is 2.40 bits per heavy atom. The van der Waals surface area contributed by atoms with Crippen molar-refractivity contribution >= 4 is 0 Å². The zero-order chi connectivity index (χ0) is 11.6. The van der Waals surface area contributed by atoms with Crippen LogP contribution in [0.1, 0.15) is 22.3 Å². The van der Waals surface area contributed by atoms with Gasteiger partial charge in [-0.2, -0.15) is 18.4 Å². The van der Waals surface area contributed by atoms with Gasteiger partial charge in [0.2, 0.25) is 0 Å². The summed E-state index contributed by atoms with van der Waals surface area (Å²) in [6, 6.07) is 3.46. The molecule has 0 unspecified atom stereocenters. The number of hydrogen-bond acceptors (Lipinski definition) is 2. The highest BCUT2D eigenvalue weighted by Crippen LogP contribution is 2.31. The highest BCUT2D eigenvalue weighted by molar-refractivity contribution is 5.46. The molecule has 1 aromatic carbocycles. The summed E-state index contributed by atoms with van der Waals surface area (Å²) in [5, 5.41) is 17.5. The van der Waals surface area contributed by atoms with Crippen LogP contribution in [0.15, 0.2) is 12.1 Å². The molecule has 1 N–H and O–H groups in total. The van der Waals surface area contributed by atoms with Crippen LogP contribution < -0.4 is 0 Å². The first-order valence-corrected chi connectivity index (χ1v) is 4.12. The lowest BCUT2D eigenvalue weighted by Gasteiger charge is -2.11. The molecule has 80 valence electrons. The zero-order valence-corrected chi connectivity index (χ0v) is 7.89. The largest absolute Gasteiger partial charge is 0.416 e. The van der Waals surface area contributed by atoms with Gasteiger partial charge in [0, 0.05) is 0 Å². The Bertz CT molecular complexity index is 418. The van der Waals surface area contributed by atoms with Gasteiger partial charge in [0.05, 0.1) is 23.8 Å². The summed E-state index contributed by atoms with van der Waals surface area (Å²) in [6.07, 6.45) is -4.46. The second-order valence-electron chi connectivity index (χ2n) is 3.09. The van der Waals surface area contributed by atoms with Crippen LogP contribution in [-0.2, 0) is 12.8 Å². The van der Waals surface area contributed by atoms with Crippen LogP contribution in [0.3, 0.4) is 0 Å². The van der Waals surface area contributed by atoms with E-state index in [1.807, 2.05) is 0 Å². The van der Waals surface area contributed by atoms with Crippen LogP contribution in [0.2, 0.25) is 0 Å². The van der Waals surface area contributed by atoms with Crippen molar-refractivity contribution in [3.63, 3.8) is 0 Å². The lowest BCUT2D eigenvalue weighted by atomic mass is 9.99. The van der Waals surface area contributed by atoms with Crippen LogP contribution in [-0.4, -0.2) is 5.11 Å². The Kier molecular flexibility index (Phi) is 3.01. The molecule has 0 spiro atoms. The van der Waals surface area contributed by atoms with E-state index in [0.29, 0.717) is 0 Å². The third-order valence-electron chi connectivity index (χ3n) is 2.03. The molecule has 0 heterocycles. The third kappa shape index (κ3) is 2.28. The lowest BCUT2D eigenvalue weighted by Crippen LogP contribution is -2.07. The highest BCUT2D eigenvalue weighted by Gasteiger charge is 2.31. The maximum absolute atomic E-state index is 12.4. The van der Waals surface area contributed by atoms with Crippen molar-refractivity contribution < 1.29 is 18.3 Å². The van der Waals surface area contributed by atoms with E-state index in [-0.39, 0.29) is 16.7 Å². The molecule has 5 heteroatoms. The minimum Gasteiger partial charge on any atom is -0.392 e. The Hall–Kier alpha value is -1.54. The van der Waals surface area contributed by atoms with Crippen molar-refractivity contribution in [2.24, 2.45) is 0 Å². The molecular formula is C10H8F3NO. The van der Waals surface area contributed by atoms with Gasteiger partial charge in [0.15, 0.2) is 0 Å². The number of aliphatic hydroxyl groups excluding tert-OH is 1. The summed E-state index contributed by atoms with van der Waals surface area (Å²) in [7, 11) is 0. The van der Waals surface area contributed by atoms with Gasteiger partial charge in [-0.25, -0.2) is 0 Å². The van der Waals surface area contributed by atoms with Crippen LogP contribution in [0.5, 0.6) is 0 Å². The predicted octanol–water partition coefficient (Wildman–Crippen LogP) is 2.38. The fourth-order valence-corrected chi connectivity index (χ4v) is 1.31. The summed E-state index contributed by atoms with van der Waals surface area (Å²) in [6.45, 7) is 0.834. The number of nitriles is 1.